The van der Waals surface area contributed by atoms with Gasteiger partial charge in [-0.05, 0) is 43.2 Å². The zero-order chi connectivity index (χ0) is 22.5. The van der Waals surface area contributed by atoms with Crippen LogP contribution in [0.4, 0.5) is 0 Å². The molecule has 172 valence electrons. The average Bonchev–Trinajstić information content (AvgIpc) is 2.74. The molecule has 0 radical (unpaired) electrons. The van der Waals surface area contributed by atoms with Gasteiger partial charge in [0.25, 0.3) is 10.1 Å². The Hall–Kier alpha value is -0.414. The van der Waals surface area contributed by atoms with Gasteiger partial charge in [-0.2, -0.15) is 8.42 Å². The second kappa shape index (κ2) is 16.3. The van der Waals surface area contributed by atoms with Crippen LogP contribution in [0.25, 0.3) is 0 Å². The summed E-state index contributed by atoms with van der Waals surface area (Å²) < 4.78 is 36.9. The first-order chi connectivity index (χ1) is 14.9. The predicted octanol–water partition coefficient (Wildman–Crippen LogP) is 3.66. The van der Waals surface area contributed by atoms with E-state index in [2.05, 4.69) is 6.92 Å². The molecule has 7 heteroatoms. The van der Waals surface area contributed by atoms with Gasteiger partial charge in [-0.3, -0.25) is 4.55 Å². The van der Waals surface area contributed by atoms with Crippen LogP contribution in [0.5, 0.6) is 17.2 Å². The summed E-state index contributed by atoms with van der Waals surface area (Å²) in [5, 5.41) is 12.7. The van der Waals surface area contributed by atoms with Crippen molar-refractivity contribution in [2.45, 2.75) is 88.9 Å². The van der Waals surface area contributed by atoms with E-state index in [-0.39, 0.29) is 67.8 Å². The van der Waals surface area contributed by atoms with E-state index in [0.29, 0.717) is 5.75 Å². The van der Waals surface area contributed by atoms with E-state index in [1.807, 2.05) is 6.07 Å². The molecule has 5 nitrogen and oxygen atoms in total. The summed E-state index contributed by atoms with van der Waals surface area (Å²) in [7, 11) is -4.25. The first-order valence-electron chi connectivity index (χ1n) is 11.5. The molecule has 0 bridgehead atoms. The molecule has 0 atom stereocenters. The number of rotatable bonds is 15. The third-order valence-electron chi connectivity index (χ3n) is 5.46. The fraction of sp³-hybridized carbons (Fsp3) is 0.520. The summed E-state index contributed by atoms with van der Waals surface area (Å²) in [5.41, 5.74) is 0.739. The molecule has 0 amide bonds. The number of ether oxygens (including phenoxy) is 1. The minimum absolute atomic E-state index is 0. The normalized spacial score (nSPS) is 11.2. The molecule has 2 aromatic rings. The van der Waals surface area contributed by atoms with Crippen molar-refractivity contribution in [3.63, 3.8) is 0 Å². The van der Waals surface area contributed by atoms with Crippen molar-refractivity contribution < 1.29 is 74.2 Å². The average molecular weight is 487 g/mol. The van der Waals surface area contributed by atoms with Gasteiger partial charge in [-0.1, -0.05) is 94.6 Å². The minimum atomic E-state index is -4.25. The molecule has 0 aromatic heterocycles. The van der Waals surface area contributed by atoms with E-state index in [0.717, 1.165) is 24.8 Å². The van der Waals surface area contributed by atoms with Crippen LogP contribution in [-0.4, -0.2) is 13.0 Å². The Balaban J connectivity index is 0.00000512. The summed E-state index contributed by atoms with van der Waals surface area (Å²) >= 11 is 0. The molecular weight excluding hydrogens is 451 g/mol. The van der Waals surface area contributed by atoms with Crippen LogP contribution in [-0.2, 0) is 16.5 Å². The quantitative estimate of drug-likeness (QED) is 0.236. The van der Waals surface area contributed by atoms with Gasteiger partial charge >= 0.3 is 51.4 Å². The molecule has 2 aromatic carbocycles. The molecule has 0 aliphatic heterocycles. The minimum Gasteiger partial charge on any atom is -0.870 e. The molecule has 0 heterocycles. The summed E-state index contributed by atoms with van der Waals surface area (Å²) in [6.45, 7) is 2.24. The summed E-state index contributed by atoms with van der Waals surface area (Å²) in [5.74, 6) is 0.435. The molecule has 0 saturated carbocycles. The van der Waals surface area contributed by atoms with Crippen LogP contribution in [0, 0.1) is 0 Å². The molecule has 0 fully saturated rings. The van der Waals surface area contributed by atoms with Crippen LogP contribution in [0.2, 0.25) is 0 Å². The van der Waals surface area contributed by atoms with E-state index in [9.17, 15) is 13.5 Å². The molecule has 0 unspecified atom stereocenters. The van der Waals surface area contributed by atoms with Gasteiger partial charge in [0.05, 0.1) is 4.90 Å². The third-order valence-corrected chi connectivity index (χ3v) is 6.33. The van der Waals surface area contributed by atoms with Crippen LogP contribution in [0.15, 0.2) is 47.4 Å². The monoisotopic (exact) mass is 486 g/mol. The van der Waals surface area contributed by atoms with E-state index in [1.165, 1.54) is 82.1 Å². The maximum absolute atomic E-state index is 12.7. The van der Waals surface area contributed by atoms with E-state index < -0.39 is 10.1 Å². The SMILES string of the molecule is CCCCCCCCCCCCCc1cccc(Oc2ccc(S(=O)(=O)O)cc2)c1[O-].[K+]. The van der Waals surface area contributed by atoms with Crippen molar-refractivity contribution in [1.82, 2.24) is 0 Å². The number of para-hydroxylation sites is 1. The topological polar surface area (TPSA) is 86.7 Å². The Morgan fingerprint density at radius 1 is 0.812 bits per heavy atom. The second-order valence-electron chi connectivity index (χ2n) is 8.08. The Bertz CT molecular complexity index is 882. The molecule has 32 heavy (non-hydrogen) atoms. The van der Waals surface area contributed by atoms with Gasteiger partial charge in [-0.15, -0.1) is 0 Å². The Morgan fingerprint density at radius 3 is 1.88 bits per heavy atom. The van der Waals surface area contributed by atoms with Crippen LogP contribution in [0.3, 0.4) is 0 Å². The smallest absolute Gasteiger partial charge is 0.870 e. The number of aryl methyl sites for hydroxylation is 1. The summed E-state index contributed by atoms with van der Waals surface area (Å²) in [6, 6.07) is 10.6. The third kappa shape index (κ3) is 11.1. The maximum atomic E-state index is 12.7. The fourth-order valence-corrected chi connectivity index (χ4v) is 4.10. The van der Waals surface area contributed by atoms with Gasteiger partial charge in [-0.25, -0.2) is 0 Å². The second-order valence-corrected chi connectivity index (χ2v) is 9.50. The van der Waals surface area contributed by atoms with E-state index >= 15 is 0 Å². The Morgan fingerprint density at radius 2 is 1.34 bits per heavy atom. The number of unbranched alkanes of at least 4 members (excludes halogenated alkanes) is 10. The molecule has 0 aliphatic rings. The standard InChI is InChI=1S/C25H36O5S.K/c1-2-3-4-5-6-7-8-9-10-11-12-14-21-15-13-16-24(25(21)26)30-22-17-19-23(20-18-22)31(27,28)29;/h13,15-20,26H,2-12,14H2,1H3,(H,27,28,29);/q;+1/p-1. The van der Waals surface area contributed by atoms with Gasteiger partial charge in [0.15, 0.2) is 0 Å². The van der Waals surface area contributed by atoms with Crippen molar-refractivity contribution in [3.8, 4) is 17.2 Å². The Kier molecular flexibility index (Phi) is 15.0. The maximum Gasteiger partial charge on any atom is 1.00 e. The zero-order valence-corrected chi connectivity index (χ0v) is 23.5. The van der Waals surface area contributed by atoms with E-state index in [4.69, 9.17) is 9.29 Å². The summed E-state index contributed by atoms with van der Waals surface area (Å²) in [6.07, 6.45) is 14.7. The predicted molar refractivity (Wildman–Crippen MR) is 122 cm³/mol. The summed E-state index contributed by atoms with van der Waals surface area (Å²) in [4.78, 5) is -0.215. The van der Waals surface area contributed by atoms with E-state index in [1.54, 1.807) is 12.1 Å². The van der Waals surface area contributed by atoms with Crippen molar-refractivity contribution in [2.75, 3.05) is 0 Å². The first kappa shape index (κ1) is 29.6. The molecule has 1 N–H and O–H groups in total. The number of benzene rings is 2. The van der Waals surface area contributed by atoms with Gasteiger partial charge < -0.3 is 9.84 Å². The largest absolute Gasteiger partial charge is 1.00 e. The van der Waals surface area contributed by atoms with Crippen LogP contribution < -0.4 is 61.2 Å². The van der Waals surface area contributed by atoms with Crippen molar-refractivity contribution >= 4 is 10.1 Å². The van der Waals surface area contributed by atoms with Crippen molar-refractivity contribution in [1.29, 1.82) is 0 Å². The van der Waals surface area contributed by atoms with Gasteiger partial charge in [0, 0.05) is 0 Å². The van der Waals surface area contributed by atoms with Crippen molar-refractivity contribution in [2.24, 2.45) is 0 Å². The van der Waals surface area contributed by atoms with Gasteiger partial charge in [0.2, 0.25) is 0 Å². The number of hydrogen-bond acceptors (Lipinski definition) is 4. The molecule has 0 saturated heterocycles. The molecule has 0 spiro atoms. The molecular formula is C25H35KO5S. The number of hydrogen-bond donors (Lipinski definition) is 1. The first-order valence-corrected chi connectivity index (χ1v) is 12.9. The fourth-order valence-electron chi connectivity index (χ4n) is 3.62. The van der Waals surface area contributed by atoms with Crippen molar-refractivity contribution in [3.05, 3.63) is 48.0 Å². The molecule has 2 rings (SSSR count). The van der Waals surface area contributed by atoms with Crippen LogP contribution in [0.1, 0.15) is 83.1 Å². The molecule has 0 aliphatic carbocycles. The van der Waals surface area contributed by atoms with Gasteiger partial charge in [0.1, 0.15) is 11.5 Å². The van der Waals surface area contributed by atoms with Crippen LogP contribution >= 0.6 is 0 Å². The zero-order valence-electron chi connectivity index (χ0n) is 19.5. The Labute approximate surface area is 236 Å².